The smallest absolute Gasteiger partial charge is 0.182 e. The van der Waals surface area contributed by atoms with Gasteiger partial charge in [-0.3, -0.25) is 9.78 Å². The van der Waals surface area contributed by atoms with Crippen LogP contribution < -0.4 is 0 Å². The van der Waals surface area contributed by atoms with Gasteiger partial charge in [0.25, 0.3) is 0 Å². The maximum absolute atomic E-state index is 12.0. The molecule has 0 saturated carbocycles. The monoisotopic (exact) mass is 263 g/mol. The van der Waals surface area contributed by atoms with E-state index in [0.717, 1.165) is 17.2 Å². The van der Waals surface area contributed by atoms with Crippen molar-refractivity contribution in [2.24, 2.45) is 0 Å². The van der Waals surface area contributed by atoms with Crippen LogP contribution in [0.3, 0.4) is 0 Å². The second-order valence-corrected chi connectivity index (χ2v) is 6.62. The predicted octanol–water partition coefficient (Wildman–Crippen LogP) is 1.85. The summed E-state index contributed by atoms with van der Waals surface area (Å²) in [5.74, 6) is -0.421. The van der Waals surface area contributed by atoms with E-state index in [9.17, 15) is 13.2 Å². The summed E-state index contributed by atoms with van der Waals surface area (Å²) in [5.41, 5.74) is 1.10. The summed E-state index contributed by atoms with van der Waals surface area (Å²) in [4.78, 5) is 16.2. The second kappa shape index (κ2) is 4.49. The zero-order valence-corrected chi connectivity index (χ0v) is 10.9. The number of fused-ring (bicyclic) bond motifs is 1. The Kier molecular flexibility index (Phi) is 3.17. The van der Waals surface area contributed by atoms with Gasteiger partial charge in [0.2, 0.25) is 0 Å². The third-order valence-electron chi connectivity index (χ3n) is 2.89. The maximum atomic E-state index is 12.0. The van der Waals surface area contributed by atoms with Crippen molar-refractivity contribution in [2.75, 3.05) is 6.26 Å². The first kappa shape index (κ1) is 12.7. The lowest BCUT2D eigenvalue weighted by Gasteiger charge is -2.08. The number of benzene rings is 1. The molecule has 0 radical (unpaired) electrons. The van der Waals surface area contributed by atoms with Gasteiger partial charge in [-0.1, -0.05) is 18.2 Å². The molecule has 1 atom stereocenters. The summed E-state index contributed by atoms with van der Waals surface area (Å²) >= 11 is 0. The van der Waals surface area contributed by atoms with Gasteiger partial charge in [0.15, 0.2) is 15.6 Å². The van der Waals surface area contributed by atoms with E-state index >= 15 is 0 Å². The molecule has 1 aromatic heterocycles. The van der Waals surface area contributed by atoms with Gasteiger partial charge in [-0.05, 0) is 19.1 Å². The number of pyridine rings is 1. The van der Waals surface area contributed by atoms with E-state index in [1.54, 1.807) is 6.07 Å². The standard InChI is InChI=1S/C13H13NO3S/c1-9(18(2,16)17)13(15)11-7-10-5-3-4-6-12(10)14-8-11/h3-9H,1-2H3. The fourth-order valence-electron chi connectivity index (χ4n) is 1.63. The number of aromatic nitrogens is 1. The van der Waals surface area contributed by atoms with Crippen LogP contribution in [0.2, 0.25) is 0 Å². The van der Waals surface area contributed by atoms with Crippen molar-refractivity contribution in [3.05, 3.63) is 42.1 Å². The molecule has 5 heteroatoms. The van der Waals surface area contributed by atoms with Crippen molar-refractivity contribution in [3.8, 4) is 0 Å². The average Bonchev–Trinajstić information content (AvgIpc) is 2.35. The molecule has 0 bridgehead atoms. The molecule has 0 saturated heterocycles. The highest BCUT2D eigenvalue weighted by Gasteiger charge is 2.24. The van der Waals surface area contributed by atoms with Gasteiger partial charge in [0, 0.05) is 23.4 Å². The van der Waals surface area contributed by atoms with Gasteiger partial charge >= 0.3 is 0 Å². The summed E-state index contributed by atoms with van der Waals surface area (Å²) in [6.07, 6.45) is 2.48. The molecule has 0 amide bonds. The van der Waals surface area contributed by atoms with Crippen LogP contribution >= 0.6 is 0 Å². The molecule has 1 unspecified atom stereocenters. The number of rotatable bonds is 3. The van der Waals surface area contributed by atoms with Crippen LogP contribution in [-0.2, 0) is 9.84 Å². The Morgan fingerprint density at radius 3 is 2.61 bits per heavy atom. The van der Waals surface area contributed by atoms with E-state index in [1.165, 1.54) is 13.1 Å². The second-order valence-electron chi connectivity index (χ2n) is 4.25. The van der Waals surface area contributed by atoms with E-state index in [1.807, 2.05) is 24.3 Å². The Labute approximate surface area is 106 Å². The first-order chi connectivity index (χ1) is 8.39. The number of ketones is 1. The quantitative estimate of drug-likeness (QED) is 0.793. The minimum atomic E-state index is -3.38. The van der Waals surface area contributed by atoms with Crippen molar-refractivity contribution in [1.29, 1.82) is 0 Å². The molecule has 0 aliphatic heterocycles. The van der Waals surface area contributed by atoms with Crippen LogP contribution in [0.25, 0.3) is 10.9 Å². The number of hydrogen-bond acceptors (Lipinski definition) is 4. The number of carbonyl (C=O) groups is 1. The minimum absolute atomic E-state index is 0.326. The van der Waals surface area contributed by atoms with Gasteiger partial charge in [-0.15, -0.1) is 0 Å². The molecule has 4 nitrogen and oxygen atoms in total. The van der Waals surface area contributed by atoms with Crippen molar-refractivity contribution >= 4 is 26.5 Å². The Morgan fingerprint density at radius 1 is 1.28 bits per heavy atom. The number of Topliss-reactive ketones (excluding diaryl/α,β-unsaturated/α-hetero) is 1. The van der Waals surface area contributed by atoms with Gasteiger partial charge in [-0.2, -0.15) is 0 Å². The molecule has 2 rings (SSSR count). The summed E-state index contributed by atoms with van der Waals surface area (Å²) in [6.45, 7) is 1.40. The van der Waals surface area contributed by atoms with Gasteiger partial charge < -0.3 is 0 Å². The molecule has 0 aliphatic rings. The summed E-state index contributed by atoms with van der Waals surface area (Å²) in [5, 5.41) is -0.218. The van der Waals surface area contributed by atoms with Gasteiger partial charge in [0.05, 0.1) is 5.52 Å². The fourth-order valence-corrected chi connectivity index (χ4v) is 2.16. The van der Waals surface area contributed by atoms with Crippen LogP contribution in [0, 0.1) is 0 Å². The van der Waals surface area contributed by atoms with Crippen molar-refractivity contribution in [2.45, 2.75) is 12.2 Å². The van der Waals surface area contributed by atoms with E-state index < -0.39 is 20.9 Å². The molecule has 0 N–H and O–H groups in total. The van der Waals surface area contributed by atoms with Gasteiger partial charge in [0.1, 0.15) is 5.25 Å². The topological polar surface area (TPSA) is 64.1 Å². The Hall–Kier alpha value is -1.75. The van der Waals surface area contributed by atoms with Crippen molar-refractivity contribution in [3.63, 3.8) is 0 Å². The first-order valence-corrected chi connectivity index (χ1v) is 7.43. The lowest BCUT2D eigenvalue weighted by atomic mass is 10.1. The van der Waals surface area contributed by atoms with Gasteiger partial charge in [-0.25, -0.2) is 8.42 Å². The third-order valence-corrected chi connectivity index (χ3v) is 4.38. The van der Waals surface area contributed by atoms with Crippen molar-refractivity contribution < 1.29 is 13.2 Å². The molecule has 0 aliphatic carbocycles. The molecule has 1 aromatic carbocycles. The highest BCUT2D eigenvalue weighted by atomic mass is 32.2. The number of sulfone groups is 1. The van der Waals surface area contributed by atoms with Crippen LogP contribution in [0.15, 0.2) is 36.5 Å². The van der Waals surface area contributed by atoms with E-state index in [-0.39, 0.29) is 0 Å². The molecule has 0 spiro atoms. The Bertz CT molecular complexity index is 707. The highest BCUT2D eigenvalue weighted by molar-refractivity contribution is 7.92. The number of nitrogens with zero attached hydrogens (tertiary/aromatic N) is 1. The van der Waals surface area contributed by atoms with Crippen LogP contribution in [0.1, 0.15) is 17.3 Å². The Morgan fingerprint density at radius 2 is 1.94 bits per heavy atom. The summed E-state index contributed by atoms with van der Waals surface area (Å²) in [6, 6.07) is 9.05. The van der Waals surface area contributed by atoms with E-state index in [4.69, 9.17) is 0 Å². The lowest BCUT2D eigenvalue weighted by molar-refractivity contribution is 0.0991. The molecular formula is C13H13NO3S. The van der Waals surface area contributed by atoms with Crippen LogP contribution in [0.4, 0.5) is 0 Å². The molecule has 1 heterocycles. The fraction of sp³-hybridized carbons (Fsp3) is 0.231. The average molecular weight is 263 g/mol. The molecular weight excluding hydrogens is 250 g/mol. The zero-order valence-electron chi connectivity index (χ0n) is 10.1. The summed E-state index contributed by atoms with van der Waals surface area (Å²) in [7, 11) is -3.38. The molecule has 94 valence electrons. The maximum Gasteiger partial charge on any atom is 0.182 e. The van der Waals surface area contributed by atoms with E-state index in [2.05, 4.69) is 4.98 Å². The first-order valence-electron chi connectivity index (χ1n) is 5.47. The Balaban J connectivity index is 2.46. The highest BCUT2D eigenvalue weighted by Crippen LogP contribution is 2.15. The van der Waals surface area contributed by atoms with Crippen molar-refractivity contribution in [1.82, 2.24) is 4.98 Å². The number of hydrogen-bond donors (Lipinski definition) is 0. The zero-order chi connectivity index (χ0) is 13.3. The largest absolute Gasteiger partial charge is 0.293 e. The molecule has 2 aromatic rings. The SMILES string of the molecule is CC(C(=O)c1cnc2ccccc2c1)S(C)(=O)=O. The molecule has 0 fully saturated rings. The number of para-hydroxylation sites is 1. The predicted molar refractivity (Wildman–Crippen MR) is 70.4 cm³/mol. The minimum Gasteiger partial charge on any atom is -0.293 e. The summed E-state index contributed by atoms with van der Waals surface area (Å²) < 4.78 is 22.7. The van der Waals surface area contributed by atoms with Crippen LogP contribution in [0.5, 0.6) is 0 Å². The normalized spacial score (nSPS) is 13.4. The lowest BCUT2D eigenvalue weighted by Crippen LogP contribution is -2.26. The third kappa shape index (κ3) is 2.41. The molecule has 18 heavy (non-hydrogen) atoms. The van der Waals surface area contributed by atoms with Crippen LogP contribution in [-0.4, -0.2) is 30.7 Å². The van der Waals surface area contributed by atoms with E-state index in [0.29, 0.717) is 5.56 Å². The number of carbonyl (C=O) groups excluding carboxylic acids is 1.